The molecule has 1 amide bonds. The van der Waals surface area contributed by atoms with E-state index in [1.165, 1.54) is 13.0 Å². The molecule has 6 nitrogen and oxygen atoms in total. The molecular weight excluding hydrogens is 320 g/mol. The van der Waals surface area contributed by atoms with Crippen LogP contribution in [0.5, 0.6) is 5.75 Å². The molecule has 0 bridgehead atoms. The third kappa shape index (κ3) is 5.22. The largest absolute Gasteiger partial charge is 0.546 e. The Labute approximate surface area is 145 Å². The van der Waals surface area contributed by atoms with Crippen LogP contribution in [0.15, 0.2) is 60.2 Å². The molecule has 0 saturated heterocycles. The number of nitrogens with one attached hydrogen (secondary N) is 1. The number of carbonyl (C=O) groups is 2. The highest BCUT2D eigenvalue weighted by Crippen LogP contribution is 2.16. The van der Waals surface area contributed by atoms with E-state index in [0.29, 0.717) is 17.0 Å². The second kappa shape index (κ2) is 8.31. The molecule has 0 fully saturated rings. The van der Waals surface area contributed by atoms with Crippen molar-refractivity contribution >= 4 is 23.6 Å². The fraction of sp³-hybridized carbons (Fsp3) is 0.105. The number of rotatable bonds is 6. The van der Waals surface area contributed by atoms with E-state index < -0.39 is 18.0 Å². The van der Waals surface area contributed by atoms with Crippen molar-refractivity contribution in [3.8, 4) is 11.8 Å². The molecule has 0 aliphatic heterocycles. The van der Waals surface area contributed by atoms with Gasteiger partial charge in [-0.15, -0.1) is 0 Å². The molecular formula is C19H15N2O4-. The highest BCUT2D eigenvalue weighted by Gasteiger charge is 2.10. The van der Waals surface area contributed by atoms with Crippen LogP contribution in [0.25, 0.3) is 6.08 Å². The van der Waals surface area contributed by atoms with Crippen LogP contribution >= 0.6 is 0 Å². The summed E-state index contributed by atoms with van der Waals surface area (Å²) in [5.41, 5.74) is 1.14. The van der Waals surface area contributed by atoms with Gasteiger partial charge in [-0.2, -0.15) is 5.26 Å². The van der Waals surface area contributed by atoms with E-state index in [9.17, 15) is 20.0 Å². The molecule has 2 rings (SSSR count). The molecule has 0 aromatic heterocycles. The maximum Gasteiger partial charge on any atom is 0.266 e. The van der Waals surface area contributed by atoms with Crippen LogP contribution in [0.3, 0.4) is 0 Å². The molecule has 0 heterocycles. The van der Waals surface area contributed by atoms with Gasteiger partial charge in [-0.3, -0.25) is 4.79 Å². The van der Waals surface area contributed by atoms with Gasteiger partial charge < -0.3 is 20.0 Å². The number of aliphatic carboxylic acids is 1. The van der Waals surface area contributed by atoms with E-state index in [1.807, 2.05) is 12.1 Å². The van der Waals surface area contributed by atoms with E-state index in [0.717, 1.165) is 0 Å². The zero-order chi connectivity index (χ0) is 18.2. The fourth-order valence-corrected chi connectivity index (χ4v) is 1.93. The minimum atomic E-state index is -1.31. The molecule has 0 unspecified atom stereocenters. The molecule has 2 aromatic carbocycles. The number of benzene rings is 2. The average molecular weight is 335 g/mol. The van der Waals surface area contributed by atoms with Gasteiger partial charge in [0.15, 0.2) is 0 Å². The Hall–Kier alpha value is -3.59. The van der Waals surface area contributed by atoms with Crippen molar-refractivity contribution < 1.29 is 19.4 Å². The van der Waals surface area contributed by atoms with Gasteiger partial charge in [-0.25, -0.2) is 0 Å². The Kier molecular flexibility index (Phi) is 5.91. The summed E-state index contributed by atoms with van der Waals surface area (Å²) in [5, 5.41) is 22.5. The van der Waals surface area contributed by atoms with Crippen molar-refractivity contribution in [1.82, 2.24) is 0 Å². The Morgan fingerprint density at radius 2 is 1.80 bits per heavy atom. The summed E-state index contributed by atoms with van der Waals surface area (Å²) in [6, 6.07) is 17.0. The highest BCUT2D eigenvalue weighted by molar-refractivity contribution is 6.09. The predicted molar refractivity (Wildman–Crippen MR) is 90.2 cm³/mol. The number of para-hydroxylation sites is 1. The molecule has 2 aromatic rings. The minimum absolute atomic E-state index is 0.0550. The molecule has 0 aliphatic rings. The van der Waals surface area contributed by atoms with Crippen LogP contribution in [0, 0.1) is 11.3 Å². The van der Waals surface area contributed by atoms with Crippen molar-refractivity contribution in [2.45, 2.75) is 13.0 Å². The van der Waals surface area contributed by atoms with Gasteiger partial charge in [0.05, 0.1) is 5.97 Å². The summed E-state index contributed by atoms with van der Waals surface area (Å²) in [4.78, 5) is 22.8. The number of ether oxygens (including phenoxy) is 1. The molecule has 0 saturated carbocycles. The Balaban J connectivity index is 2.10. The number of carboxylic acid groups (broad SMARTS) is 1. The van der Waals surface area contributed by atoms with Crippen LogP contribution in [0.4, 0.5) is 5.69 Å². The molecule has 126 valence electrons. The number of amides is 1. The first kappa shape index (κ1) is 17.8. The van der Waals surface area contributed by atoms with Crippen LogP contribution < -0.4 is 15.2 Å². The van der Waals surface area contributed by atoms with Crippen molar-refractivity contribution in [2.75, 3.05) is 5.32 Å². The van der Waals surface area contributed by atoms with Gasteiger partial charge in [-0.05, 0) is 42.8 Å². The second-order valence-electron chi connectivity index (χ2n) is 5.14. The summed E-state index contributed by atoms with van der Waals surface area (Å²) in [6.07, 6.45) is 0.359. The quantitative estimate of drug-likeness (QED) is 0.640. The number of carboxylic acids is 1. The number of anilines is 1. The van der Waals surface area contributed by atoms with Crippen LogP contribution in [0.1, 0.15) is 12.5 Å². The van der Waals surface area contributed by atoms with Crippen LogP contribution in [0.2, 0.25) is 0 Å². The smallest absolute Gasteiger partial charge is 0.266 e. The van der Waals surface area contributed by atoms with E-state index >= 15 is 0 Å². The molecule has 1 N–H and O–H groups in total. The topological polar surface area (TPSA) is 102 Å². The average Bonchev–Trinajstić information content (AvgIpc) is 2.61. The molecule has 0 radical (unpaired) electrons. The van der Waals surface area contributed by atoms with E-state index in [4.69, 9.17) is 4.74 Å². The lowest BCUT2D eigenvalue weighted by atomic mass is 10.1. The lowest BCUT2D eigenvalue weighted by molar-refractivity contribution is -0.312. The maximum absolute atomic E-state index is 12.1. The van der Waals surface area contributed by atoms with Crippen molar-refractivity contribution in [3.63, 3.8) is 0 Å². The standard InChI is InChI=1S/C19H16N2O4/c1-13(19(23)24)25-17-9-7-14(8-10-17)11-15(12-20)18(22)21-16-5-3-2-4-6-16/h2-11,13H,1H3,(H,21,22)(H,23,24)/p-1/b15-11+/t13-/m0/s1. The first-order valence-electron chi connectivity index (χ1n) is 7.45. The van der Waals surface area contributed by atoms with Crippen molar-refractivity contribution in [3.05, 3.63) is 65.7 Å². The fourth-order valence-electron chi connectivity index (χ4n) is 1.93. The molecule has 0 aliphatic carbocycles. The van der Waals surface area contributed by atoms with Gasteiger partial charge in [0, 0.05) is 5.69 Å². The normalized spacial score (nSPS) is 11.9. The number of nitrogens with zero attached hydrogens (tertiary/aromatic N) is 1. The maximum atomic E-state index is 12.1. The van der Waals surface area contributed by atoms with Crippen molar-refractivity contribution in [2.24, 2.45) is 0 Å². The van der Waals surface area contributed by atoms with Crippen LogP contribution in [-0.4, -0.2) is 18.0 Å². The molecule has 25 heavy (non-hydrogen) atoms. The van der Waals surface area contributed by atoms with E-state index in [1.54, 1.807) is 48.5 Å². The van der Waals surface area contributed by atoms with Crippen LogP contribution in [-0.2, 0) is 9.59 Å². The number of hydrogen-bond acceptors (Lipinski definition) is 5. The molecule has 6 heteroatoms. The third-order valence-electron chi connectivity index (χ3n) is 3.23. The highest BCUT2D eigenvalue weighted by atomic mass is 16.5. The van der Waals surface area contributed by atoms with Crippen molar-refractivity contribution in [1.29, 1.82) is 5.26 Å². The SMILES string of the molecule is C[C@H](Oc1ccc(/C=C(\C#N)C(=O)Nc2ccccc2)cc1)C(=O)[O-]. The zero-order valence-corrected chi connectivity index (χ0v) is 13.4. The lowest BCUT2D eigenvalue weighted by Gasteiger charge is -2.15. The number of carbonyl (C=O) groups excluding carboxylic acids is 2. The summed E-state index contributed by atoms with van der Waals surface area (Å²) >= 11 is 0. The predicted octanol–water partition coefficient (Wildman–Crippen LogP) is 1.75. The summed E-state index contributed by atoms with van der Waals surface area (Å²) < 4.78 is 5.16. The molecule has 1 atom stereocenters. The third-order valence-corrected chi connectivity index (χ3v) is 3.23. The monoisotopic (exact) mass is 335 g/mol. The van der Waals surface area contributed by atoms with E-state index in [2.05, 4.69) is 5.32 Å². The summed E-state index contributed by atoms with van der Waals surface area (Å²) in [5.74, 6) is -1.48. The van der Waals surface area contributed by atoms with Gasteiger partial charge in [0.25, 0.3) is 5.91 Å². The first-order chi connectivity index (χ1) is 12.0. The van der Waals surface area contributed by atoms with Gasteiger partial charge >= 0.3 is 0 Å². The first-order valence-corrected chi connectivity index (χ1v) is 7.45. The number of hydrogen-bond donors (Lipinski definition) is 1. The Morgan fingerprint density at radius 1 is 1.16 bits per heavy atom. The minimum Gasteiger partial charge on any atom is -0.546 e. The van der Waals surface area contributed by atoms with E-state index in [-0.39, 0.29) is 5.57 Å². The second-order valence-corrected chi connectivity index (χ2v) is 5.14. The van der Waals surface area contributed by atoms with Gasteiger partial charge in [-0.1, -0.05) is 30.3 Å². The van der Waals surface area contributed by atoms with Gasteiger partial charge in [0.2, 0.25) is 0 Å². The lowest BCUT2D eigenvalue weighted by Crippen LogP contribution is -2.37. The Morgan fingerprint density at radius 3 is 2.36 bits per heavy atom. The zero-order valence-electron chi connectivity index (χ0n) is 13.4. The number of nitriles is 1. The Bertz CT molecular complexity index is 821. The summed E-state index contributed by atoms with van der Waals surface area (Å²) in [6.45, 7) is 1.37. The molecule has 0 spiro atoms. The van der Waals surface area contributed by atoms with Gasteiger partial charge in [0.1, 0.15) is 23.5 Å². The summed E-state index contributed by atoms with van der Waals surface area (Å²) in [7, 11) is 0.